The Morgan fingerprint density at radius 2 is 2.27 bits per heavy atom. The van der Waals surface area contributed by atoms with Gasteiger partial charge in [-0.1, -0.05) is 13.3 Å². The number of aliphatic hydroxyl groups is 1. The van der Waals surface area contributed by atoms with Gasteiger partial charge in [0.1, 0.15) is 17.7 Å². The van der Waals surface area contributed by atoms with E-state index in [2.05, 4.69) is 21.9 Å². The maximum atomic E-state index is 8.86. The van der Waals surface area contributed by atoms with Gasteiger partial charge >= 0.3 is 0 Å². The van der Waals surface area contributed by atoms with Gasteiger partial charge in [-0.15, -0.1) is 0 Å². The van der Waals surface area contributed by atoms with Crippen molar-refractivity contribution >= 4 is 17.7 Å². The van der Waals surface area contributed by atoms with Crippen molar-refractivity contribution in [2.45, 2.75) is 58.3 Å². The van der Waals surface area contributed by atoms with E-state index >= 15 is 0 Å². The van der Waals surface area contributed by atoms with Gasteiger partial charge in [-0.05, 0) is 33.1 Å². The van der Waals surface area contributed by atoms with E-state index in [1.807, 2.05) is 13.8 Å². The summed E-state index contributed by atoms with van der Waals surface area (Å²) in [5.74, 6) is 0.426. The zero-order chi connectivity index (χ0) is 16.6. The highest BCUT2D eigenvalue weighted by molar-refractivity contribution is 5.68. The largest absolute Gasteiger partial charge is 0.392 e. The second-order valence-corrected chi connectivity index (χ2v) is 5.37. The topological polar surface area (TPSA) is 120 Å². The maximum Gasteiger partial charge on any atom is 0.153 e. The SMILES string of the molecule is CC=Nc1c(C)ncnc1N.CCCC1CC[C@@](N)(CO)O1. The minimum atomic E-state index is -0.736. The molecule has 124 valence electrons. The smallest absolute Gasteiger partial charge is 0.153 e. The summed E-state index contributed by atoms with van der Waals surface area (Å²) in [6.45, 7) is 5.73. The van der Waals surface area contributed by atoms with Gasteiger partial charge in [0.2, 0.25) is 0 Å². The van der Waals surface area contributed by atoms with E-state index in [4.69, 9.17) is 21.3 Å². The van der Waals surface area contributed by atoms with Crippen molar-refractivity contribution in [1.82, 2.24) is 9.97 Å². The summed E-state index contributed by atoms with van der Waals surface area (Å²) >= 11 is 0. The lowest BCUT2D eigenvalue weighted by atomic mass is 10.1. The van der Waals surface area contributed by atoms with Crippen LogP contribution in [-0.4, -0.2) is 39.7 Å². The Morgan fingerprint density at radius 1 is 1.55 bits per heavy atom. The number of ether oxygens (including phenoxy) is 1. The third-order valence-corrected chi connectivity index (χ3v) is 3.46. The number of hydrogen-bond donors (Lipinski definition) is 3. The molecular weight excluding hydrogens is 282 g/mol. The molecule has 2 rings (SSSR count). The first-order chi connectivity index (χ1) is 10.5. The lowest BCUT2D eigenvalue weighted by Gasteiger charge is -2.21. The number of aliphatic hydroxyl groups excluding tert-OH is 1. The maximum absolute atomic E-state index is 8.86. The summed E-state index contributed by atoms with van der Waals surface area (Å²) in [4.78, 5) is 11.8. The minimum absolute atomic E-state index is 0.0623. The lowest BCUT2D eigenvalue weighted by Crippen LogP contribution is -2.43. The minimum Gasteiger partial charge on any atom is -0.392 e. The van der Waals surface area contributed by atoms with Crippen molar-refractivity contribution in [3.8, 4) is 0 Å². The first-order valence-electron chi connectivity index (χ1n) is 7.59. The van der Waals surface area contributed by atoms with Crippen LogP contribution in [0.4, 0.5) is 11.5 Å². The van der Waals surface area contributed by atoms with E-state index in [1.54, 1.807) is 6.21 Å². The van der Waals surface area contributed by atoms with Crippen LogP contribution in [0.25, 0.3) is 0 Å². The fourth-order valence-corrected chi connectivity index (χ4v) is 2.27. The number of nitrogen functional groups attached to an aromatic ring is 1. The molecule has 0 saturated carbocycles. The van der Waals surface area contributed by atoms with Crippen molar-refractivity contribution in [3.05, 3.63) is 12.0 Å². The van der Waals surface area contributed by atoms with E-state index in [1.165, 1.54) is 6.33 Å². The number of nitrogens with zero attached hydrogens (tertiary/aromatic N) is 3. The van der Waals surface area contributed by atoms with E-state index in [-0.39, 0.29) is 12.7 Å². The first kappa shape index (κ1) is 18.5. The molecule has 0 bridgehead atoms. The Morgan fingerprint density at radius 3 is 2.77 bits per heavy atom. The second kappa shape index (κ2) is 8.77. The molecule has 7 nitrogen and oxygen atoms in total. The summed E-state index contributed by atoms with van der Waals surface area (Å²) in [6.07, 6.45) is 7.32. The van der Waals surface area contributed by atoms with E-state index in [0.29, 0.717) is 11.5 Å². The van der Waals surface area contributed by atoms with Gasteiger partial charge in [0.05, 0.1) is 18.4 Å². The Kier molecular flexibility index (Phi) is 7.37. The van der Waals surface area contributed by atoms with Crippen molar-refractivity contribution in [2.24, 2.45) is 10.7 Å². The number of rotatable bonds is 4. The van der Waals surface area contributed by atoms with E-state index < -0.39 is 5.72 Å². The molecule has 1 saturated heterocycles. The number of nitrogens with two attached hydrogens (primary N) is 2. The number of aromatic nitrogens is 2. The molecule has 22 heavy (non-hydrogen) atoms. The average Bonchev–Trinajstić information content (AvgIpc) is 2.87. The first-order valence-corrected chi connectivity index (χ1v) is 7.59. The molecule has 0 aliphatic carbocycles. The highest BCUT2D eigenvalue weighted by Gasteiger charge is 2.35. The second-order valence-electron chi connectivity index (χ2n) is 5.37. The number of hydrogen-bond acceptors (Lipinski definition) is 7. The molecule has 2 heterocycles. The van der Waals surface area contributed by atoms with Crippen molar-refractivity contribution in [2.75, 3.05) is 12.3 Å². The van der Waals surface area contributed by atoms with Gasteiger partial charge in [-0.3, -0.25) is 4.99 Å². The Balaban J connectivity index is 0.000000220. The predicted molar refractivity (Wildman–Crippen MR) is 88.0 cm³/mol. The molecule has 1 unspecified atom stereocenters. The highest BCUT2D eigenvalue weighted by atomic mass is 16.5. The molecule has 1 aromatic heterocycles. The zero-order valence-corrected chi connectivity index (χ0v) is 13.6. The van der Waals surface area contributed by atoms with Crippen LogP contribution >= 0.6 is 0 Å². The fourth-order valence-electron chi connectivity index (χ4n) is 2.27. The van der Waals surface area contributed by atoms with Crippen LogP contribution in [0.3, 0.4) is 0 Å². The molecule has 1 aliphatic heterocycles. The van der Waals surface area contributed by atoms with Gasteiger partial charge in [0, 0.05) is 6.21 Å². The highest BCUT2D eigenvalue weighted by Crippen LogP contribution is 2.27. The van der Waals surface area contributed by atoms with Gasteiger partial charge in [-0.2, -0.15) is 0 Å². The fraction of sp³-hybridized carbons (Fsp3) is 0.667. The van der Waals surface area contributed by atoms with E-state index in [9.17, 15) is 0 Å². The number of aryl methyl sites for hydroxylation is 1. The van der Waals surface area contributed by atoms with Crippen LogP contribution in [0, 0.1) is 6.92 Å². The molecule has 1 aliphatic rings. The molecule has 5 N–H and O–H groups in total. The van der Waals surface area contributed by atoms with Crippen molar-refractivity contribution in [3.63, 3.8) is 0 Å². The molecule has 0 spiro atoms. The number of aliphatic imine (C=N–C) groups is 1. The van der Waals surface area contributed by atoms with Gasteiger partial charge in [0.25, 0.3) is 0 Å². The van der Waals surface area contributed by atoms with Crippen molar-refractivity contribution in [1.29, 1.82) is 0 Å². The van der Waals surface area contributed by atoms with Crippen molar-refractivity contribution < 1.29 is 9.84 Å². The van der Waals surface area contributed by atoms with Crippen LogP contribution in [0.1, 0.15) is 45.2 Å². The van der Waals surface area contributed by atoms with Gasteiger partial charge in [0.15, 0.2) is 5.82 Å². The van der Waals surface area contributed by atoms with Gasteiger partial charge < -0.3 is 21.3 Å². The van der Waals surface area contributed by atoms with Crippen LogP contribution in [-0.2, 0) is 4.74 Å². The third kappa shape index (κ3) is 5.32. The summed E-state index contributed by atoms with van der Waals surface area (Å²) in [7, 11) is 0. The molecule has 0 amide bonds. The predicted octanol–water partition coefficient (Wildman–Crippen LogP) is 1.70. The zero-order valence-electron chi connectivity index (χ0n) is 13.6. The van der Waals surface area contributed by atoms with Gasteiger partial charge in [-0.25, -0.2) is 9.97 Å². The molecule has 2 atom stereocenters. The van der Waals surface area contributed by atoms with Crippen LogP contribution in [0.2, 0.25) is 0 Å². The molecule has 1 aromatic rings. The van der Waals surface area contributed by atoms with E-state index in [0.717, 1.165) is 31.4 Å². The molecule has 0 aromatic carbocycles. The summed E-state index contributed by atoms with van der Waals surface area (Å²) in [5.41, 5.74) is 12.0. The monoisotopic (exact) mass is 309 g/mol. The van der Waals surface area contributed by atoms with Crippen LogP contribution < -0.4 is 11.5 Å². The Bertz CT molecular complexity index is 475. The summed E-state index contributed by atoms with van der Waals surface area (Å²) < 4.78 is 5.47. The molecular formula is C15H27N5O2. The Labute approximate surface area is 131 Å². The third-order valence-electron chi connectivity index (χ3n) is 3.46. The quantitative estimate of drug-likeness (QED) is 0.728. The average molecular weight is 309 g/mol. The Hall–Kier alpha value is -1.57. The number of anilines is 1. The summed E-state index contributed by atoms with van der Waals surface area (Å²) in [5, 5.41) is 8.86. The molecule has 1 fully saturated rings. The van der Waals surface area contributed by atoms with Crippen LogP contribution in [0.15, 0.2) is 11.3 Å². The molecule has 7 heteroatoms. The standard InChI is InChI=1S/C8H17NO2.C7H10N4/c1-2-3-7-4-5-8(9,6-10)11-7;1-3-9-6-5(2)10-4-11-7(6)8/h7,10H,2-6,9H2,1H3;3-4H,1-2H3,(H2,8,10,11)/t7?,8-;/m0./s1. The normalized spacial score (nSPS) is 24.3. The summed E-state index contributed by atoms with van der Waals surface area (Å²) in [6, 6.07) is 0. The lowest BCUT2D eigenvalue weighted by molar-refractivity contribution is -0.0709. The van der Waals surface area contributed by atoms with Crippen LogP contribution in [0.5, 0.6) is 0 Å². The molecule has 0 radical (unpaired) electrons.